The summed E-state index contributed by atoms with van der Waals surface area (Å²) in [5.41, 5.74) is 1.09. The lowest BCUT2D eigenvalue weighted by Crippen LogP contribution is -2.61. The summed E-state index contributed by atoms with van der Waals surface area (Å²) in [7, 11) is 0. The normalized spacial score (nSPS) is 45.4. The molecule has 0 bridgehead atoms. The van der Waals surface area contributed by atoms with E-state index in [9.17, 15) is 30.3 Å². The third-order valence-corrected chi connectivity index (χ3v) is 9.15. The van der Waals surface area contributed by atoms with Crippen LogP contribution in [0.3, 0.4) is 0 Å². The average molecular weight is 473 g/mol. The Kier molecular flexibility index (Phi) is 5.70. The maximum Gasteiger partial charge on any atom is 0.335 e. The first-order valence-corrected chi connectivity index (χ1v) is 12.0. The van der Waals surface area contributed by atoms with Gasteiger partial charge in [-0.05, 0) is 79.5 Å². The van der Waals surface area contributed by atoms with Gasteiger partial charge >= 0.3 is 5.97 Å². The van der Waals surface area contributed by atoms with Crippen LogP contribution in [0.25, 0.3) is 0 Å². The van der Waals surface area contributed by atoms with Crippen LogP contribution < -0.4 is 4.74 Å². The Morgan fingerprint density at radius 2 is 1.91 bits per heavy atom. The molecule has 1 heterocycles. The summed E-state index contributed by atoms with van der Waals surface area (Å²) in [4.78, 5) is 11.3. The second kappa shape index (κ2) is 8.21. The fourth-order valence-corrected chi connectivity index (χ4v) is 7.17. The molecule has 10 atom stereocenters. The first-order chi connectivity index (χ1) is 16.1. The highest BCUT2D eigenvalue weighted by atomic mass is 16.7. The number of ether oxygens (including phenoxy) is 2. The van der Waals surface area contributed by atoms with E-state index in [4.69, 9.17) is 15.9 Å². The molecular weight excluding hydrogens is 440 g/mol. The van der Waals surface area contributed by atoms with E-state index in [0.29, 0.717) is 29.9 Å². The van der Waals surface area contributed by atoms with E-state index in [1.54, 1.807) is 6.07 Å². The maximum absolute atomic E-state index is 11.3. The number of carbonyl (C=O) groups is 1. The zero-order valence-corrected chi connectivity index (χ0v) is 19.1. The second-order valence-corrected chi connectivity index (χ2v) is 10.6. The van der Waals surface area contributed by atoms with Crippen molar-refractivity contribution < 1.29 is 39.8 Å². The van der Waals surface area contributed by atoms with Gasteiger partial charge in [-0.3, -0.25) is 0 Å². The molecule has 5 rings (SSSR count). The predicted octanol–water partition coefficient (Wildman–Crippen LogP) is 1.18. The van der Waals surface area contributed by atoms with Gasteiger partial charge in [-0.1, -0.05) is 18.9 Å². The van der Waals surface area contributed by atoms with Gasteiger partial charge in [0.05, 0.1) is 0 Å². The summed E-state index contributed by atoms with van der Waals surface area (Å²) in [6, 6.07) is 5.67. The van der Waals surface area contributed by atoms with Gasteiger partial charge < -0.3 is 35.0 Å². The van der Waals surface area contributed by atoms with Gasteiger partial charge in [0.1, 0.15) is 29.7 Å². The average Bonchev–Trinajstić information content (AvgIpc) is 3.10. The van der Waals surface area contributed by atoms with E-state index >= 15 is 0 Å². The Hall–Kier alpha value is -2.15. The van der Waals surface area contributed by atoms with E-state index in [2.05, 4.69) is 12.8 Å². The van der Waals surface area contributed by atoms with Gasteiger partial charge in [-0.25, -0.2) is 4.79 Å². The number of aliphatic hydroxyl groups is 4. The Balaban J connectivity index is 1.35. The summed E-state index contributed by atoms with van der Waals surface area (Å²) >= 11 is 0. The van der Waals surface area contributed by atoms with E-state index in [0.717, 1.165) is 37.7 Å². The molecule has 5 N–H and O–H groups in total. The van der Waals surface area contributed by atoms with Crippen molar-refractivity contribution >= 4 is 5.97 Å². The lowest BCUT2D eigenvalue weighted by molar-refractivity contribution is -0.271. The molecule has 4 aliphatic rings. The molecule has 1 aromatic carbocycles. The zero-order chi connectivity index (χ0) is 24.4. The van der Waals surface area contributed by atoms with E-state index in [1.807, 2.05) is 12.1 Å². The third-order valence-electron chi connectivity index (χ3n) is 9.15. The van der Waals surface area contributed by atoms with Crippen LogP contribution in [0.15, 0.2) is 18.2 Å². The molecule has 1 saturated heterocycles. The SMILES string of the molecule is C#C[C@]1(O)CC[C@H]2[C@@H]3CCc4cc(OC5O[C@H](C(=O)O)[C@@H](O)[C@H](O)[C@H]5O)ccc4[C@H]3CC[C@@]21C. The fraction of sp³-hybridized carbons (Fsp3) is 0.654. The molecule has 8 nitrogen and oxygen atoms in total. The Labute approximate surface area is 198 Å². The zero-order valence-electron chi connectivity index (χ0n) is 19.1. The minimum atomic E-state index is -1.76. The molecule has 0 radical (unpaired) electrons. The number of terminal acetylenes is 1. The summed E-state index contributed by atoms with van der Waals surface area (Å²) in [6.07, 6.45) is 2.78. The van der Waals surface area contributed by atoms with Crippen molar-refractivity contribution in [1.82, 2.24) is 0 Å². The molecule has 184 valence electrons. The number of aryl methyl sites for hydroxylation is 1. The van der Waals surface area contributed by atoms with E-state index in [1.165, 1.54) is 5.56 Å². The van der Waals surface area contributed by atoms with Crippen LogP contribution in [0.2, 0.25) is 0 Å². The molecular formula is C26H32O8. The Bertz CT molecular complexity index is 1020. The van der Waals surface area contributed by atoms with Gasteiger partial charge in [-0.2, -0.15) is 0 Å². The van der Waals surface area contributed by atoms with E-state index in [-0.39, 0.29) is 5.41 Å². The van der Waals surface area contributed by atoms with Gasteiger partial charge in [0.2, 0.25) is 6.29 Å². The highest BCUT2D eigenvalue weighted by molar-refractivity contribution is 5.73. The molecule has 0 aromatic heterocycles. The Morgan fingerprint density at radius 3 is 2.62 bits per heavy atom. The topological polar surface area (TPSA) is 137 Å². The van der Waals surface area contributed by atoms with Gasteiger partial charge in [0.15, 0.2) is 6.10 Å². The van der Waals surface area contributed by atoms with Crippen LogP contribution in [-0.4, -0.2) is 67.8 Å². The number of aliphatic hydroxyl groups excluding tert-OH is 3. The van der Waals surface area contributed by atoms with Gasteiger partial charge in [0.25, 0.3) is 0 Å². The van der Waals surface area contributed by atoms with Crippen molar-refractivity contribution in [2.75, 3.05) is 0 Å². The molecule has 8 heteroatoms. The molecule has 1 aliphatic heterocycles. The van der Waals surface area contributed by atoms with Gasteiger partial charge in [-0.15, -0.1) is 6.42 Å². The highest BCUT2D eigenvalue weighted by Gasteiger charge is 2.61. The first-order valence-electron chi connectivity index (χ1n) is 12.0. The molecule has 3 aliphatic carbocycles. The van der Waals surface area contributed by atoms with Crippen molar-refractivity contribution in [1.29, 1.82) is 0 Å². The maximum atomic E-state index is 11.3. The summed E-state index contributed by atoms with van der Waals surface area (Å²) in [5, 5.41) is 50.5. The molecule has 3 fully saturated rings. The number of rotatable bonds is 3. The molecule has 34 heavy (non-hydrogen) atoms. The van der Waals surface area contributed by atoms with Crippen LogP contribution in [0, 0.1) is 29.6 Å². The van der Waals surface area contributed by atoms with Crippen LogP contribution in [0.4, 0.5) is 0 Å². The van der Waals surface area contributed by atoms with Crippen molar-refractivity contribution in [3.8, 4) is 18.1 Å². The van der Waals surface area contributed by atoms with Crippen LogP contribution in [0.1, 0.15) is 56.1 Å². The third kappa shape index (κ3) is 3.37. The van der Waals surface area contributed by atoms with Crippen molar-refractivity contribution in [2.45, 2.75) is 87.7 Å². The lowest BCUT2D eigenvalue weighted by atomic mass is 9.53. The van der Waals surface area contributed by atoms with Crippen molar-refractivity contribution in [3.63, 3.8) is 0 Å². The van der Waals surface area contributed by atoms with Crippen LogP contribution >= 0.6 is 0 Å². The van der Waals surface area contributed by atoms with Crippen molar-refractivity contribution in [2.24, 2.45) is 17.3 Å². The number of aliphatic carboxylic acids is 1. The molecule has 0 amide bonds. The molecule has 1 aromatic rings. The molecule has 1 unspecified atom stereocenters. The van der Waals surface area contributed by atoms with Crippen LogP contribution in [0.5, 0.6) is 5.75 Å². The molecule has 0 spiro atoms. The first kappa shape index (κ1) is 23.6. The lowest BCUT2D eigenvalue weighted by Gasteiger charge is -2.52. The Morgan fingerprint density at radius 1 is 1.15 bits per heavy atom. The number of hydrogen-bond donors (Lipinski definition) is 5. The minimum absolute atomic E-state index is 0.260. The number of benzene rings is 1. The summed E-state index contributed by atoms with van der Waals surface area (Å²) < 4.78 is 11.0. The largest absolute Gasteiger partial charge is 0.479 e. The van der Waals surface area contributed by atoms with Crippen molar-refractivity contribution in [3.05, 3.63) is 29.3 Å². The van der Waals surface area contributed by atoms with Gasteiger partial charge in [0, 0.05) is 5.41 Å². The highest BCUT2D eigenvalue weighted by Crippen LogP contribution is 2.64. The number of fused-ring (bicyclic) bond motifs is 5. The quantitative estimate of drug-likeness (QED) is 0.414. The van der Waals surface area contributed by atoms with E-state index < -0.39 is 42.3 Å². The summed E-state index contributed by atoms with van der Waals surface area (Å²) in [6.45, 7) is 2.15. The fourth-order valence-electron chi connectivity index (χ4n) is 7.17. The number of carboxylic acid groups (broad SMARTS) is 1. The van der Waals surface area contributed by atoms with Crippen LogP contribution in [-0.2, 0) is 16.0 Å². The standard InChI is InChI=1S/C26H32O8/c1-3-26(32)11-9-18-17-6-4-13-12-14(5-7-15(13)16(17)8-10-25(18,26)2)33-24-21(29)19(27)20(28)22(34-24)23(30)31/h1,5,7,12,16-22,24,27-29,32H,4,6,8-11H2,2H3,(H,30,31)/t16-,17-,18+,19+,20+,21-,22+,24?,25+,26+/m1/s1. The number of hydrogen-bond acceptors (Lipinski definition) is 7. The molecule has 2 saturated carbocycles. The summed E-state index contributed by atoms with van der Waals surface area (Å²) in [5.74, 6) is 2.86. The number of carboxylic acids is 1. The predicted molar refractivity (Wildman–Crippen MR) is 120 cm³/mol. The monoisotopic (exact) mass is 472 g/mol. The minimum Gasteiger partial charge on any atom is -0.479 e. The second-order valence-electron chi connectivity index (χ2n) is 10.6. The smallest absolute Gasteiger partial charge is 0.335 e.